The number of benzene rings is 3. The first-order chi connectivity index (χ1) is 12.6. The molecule has 3 aromatic rings. The van der Waals surface area contributed by atoms with Crippen LogP contribution in [0.5, 0.6) is 11.5 Å². The average Bonchev–Trinajstić information content (AvgIpc) is 2.77. The van der Waals surface area contributed by atoms with Crippen molar-refractivity contribution in [2.24, 2.45) is 0 Å². The quantitative estimate of drug-likeness (QED) is 0.630. The van der Waals surface area contributed by atoms with Gasteiger partial charge < -0.3 is 20.5 Å². The Morgan fingerprint density at radius 3 is 2.35 bits per heavy atom. The molecule has 4 rings (SSSR count). The van der Waals surface area contributed by atoms with Crippen LogP contribution in [0.25, 0.3) is 11.1 Å². The molecule has 3 aromatic carbocycles. The molecule has 26 heavy (non-hydrogen) atoms. The molecule has 5 heteroatoms. The van der Waals surface area contributed by atoms with E-state index >= 15 is 0 Å². The monoisotopic (exact) mass is 346 g/mol. The van der Waals surface area contributed by atoms with Crippen molar-refractivity contribution in [2.75, 3.05) is 17.7 Å². The number of phenolic OH excluding ortho intramolecular Hbond substituents is 1. The number of carbonyl (C=O) groups excluding carboxylic acids is 1. The van der Waals surface area contributed by atoms with Crippen LogP contribution in [-0.4, -0.2) is 18.1 Å². The van der Waals surface area contributed by atoms with Crippen LogP contribution in [0.15, 0.2) is 54.6 Å². The van der Waals surface area contributed by atoms with Crippen molar-refractivity contribution >= 4 is 23.0 Å². The van der Waals surface area contributed by atoms with Gasteiger partial charge in [-0.3, -0.25) is 4.79 Å². The van der Waals surface area contributed by atoms with Gasteiger partial charge in [-0.15, -0.1) is 0 Å². The van der Waals surface area contributed by atoms with E-state index in [4.69, 9.17) is 4.74 Å². The number of amides is 1. The van der Waals surface area contributed by atoms with Gasteiger partial charge in [0.1, 0.15) is 0 Å². The second kappa shape index (κ2) is 6.11. The van der Waals surface area contributed by atoms with E-state index in [2.05, 4.69) is 10.6 Å². The maximum atomic E-state index is 12.7. The Morgan fingerprint density at radius 1 is 0.885 bits per heavy atom. The van der Waals surface area contributed by atoms with Gasteiger partial charge in [-0.25, -0.2) is 0 Å². The predicted octanol–water partition coefficient (Wildman–Crippen LogP) is 4.69. The summed E-state index contributed by atoms with van der Waals surface area (Å²) in [5.41, 5.74) is 5.65. The summed E-state index contributed by atoms with van der Waals surface area (Å²) in [5.74, 6) is 0.366. The van der Waals surface area contributed by atoms with Crippen molar-refractivity contribution in [3.63, 3.8) is 0 Å². The lowest BCUT2D eigenvalue weighted by Gasteiger charge is -2.14. The molecule has 0 saturated heterocycles. The van der Waals surface area contributed by atoms with Gasteiger partial charge >= 0.3 is 0 Å². The zero-order valence-electron chi connectivity index (χ0n) is 14.5. The molecule has 0 atom stereocenters. The lowest BCUT2D eigenvalue weighted by atomic mass is 9.97. The standard InChI is InChI=1S/C21H18N2O3/c1-12-9-14(13-7-8-18(24)19(11-13)26-2)10-17-20(12)21(25)23-16-6-4-3-5-15(16)22-17/h3-11,22,24H,1-2H3,(H,23,25). The minimum Gasteiger partial charge on any atom is -0.504 e. The molecule has 0 spiro atoms. The Balaban J connectivity index is 1.86. The van der Waals surface area contributed by atoms with Gasteiger partial charge in [0.2, 0.25) is 0 Å². The van der Waals surface area contributed by atoms with E-state index in [0.29, 0.717) is 11.3 Å². The molecular weight excluding hydrogens is 328 g/mol. The minimum atomic E-state index is -0.134. The summed E-state index contributed by atoms with van der Waals surface area (Å²) in [7, 11) is 1.52. The smallest absolute Gasteiger partial charge is 0.258 e. The topological polar surface area (TPSA) is 70.6 Å². The first kappa shape index (κ1) is 16.0. The zero-order valence-corrected chi connectivity index (χ0v) is 14.5. The number of phenols is 1. The van der Waals surface area contributed by atoms with Gasteiger partial charge in [0.25, 0.3) is 5.91 Å². The number of fused-ring (bicyclic) bond motifs is 2. The molecule has 0 aromatic heterocycles. The molecule has 0 radical (unpaired) electrons. The van der Waals surface area contributed by atoms with Gasteiger partial charge in [-0.1, -0.05) is 24.3 Å². The van der Waals surface area contributed by atoms with E-state index in [1.54, 1.807) is 12.1 Å². The lowest BCUT2D eigenvalue weighted by molar-refractivity contribution is 0.102. The van der Waals surface area contributed by atoms with E-state index in [1.807, 2.05) is 49.4 Å². The maximum absolute atomic E-state index is 12.7. The van der Waals surface area contributed by atoms with Crippen LogP contribution < -0.4 is 15.4 Å². The van der Waals surface area contributed by atoms with Crippen molar-refractivity contribution in [3.8, 4) is 22.6 Å². The molecule has 1 aliphatic rings. The fourth-order valence-corrected chi connectivity index (χ4v) is 3.24. The summed E-state index contributed by atoms with van der Waals surface area (Å²) in [6.07, 6.45) is 0. The van der Waals surface area contributed by atoms with Crippen molar-refractivity contribution in [1.29, 1.82) is 0 Å². The van der Waals surface area contributed by atoms with E-state index in [-0.39, 0.29) is 11.7 Å². The average molecular weight is 346 g/mol. The Kier molecular flexibility index (Phi) is 3.77. The lowest BCUT2D eigenvalue weighted by Crippen LogP contribution is -2.12. The number of para-hydroxylation sites is 2. The number of hydrogen-bond acceptors (Lipinski definition) is 4. The predicted molar refractivity (Wildman–Crippen MR) is 103 cm³/mol. The summed E-state index contributed by atoms with van der Waals surface area (Å²) >= 11 is 0. The first-order valence-corrected chi connectivity index (χ1v) is 8.26. The Morgan fingerprint density at radius 2 is 1.62 bits per heavy atom. The van der Waals surface area contributed by atoms with E-state index in [0.717, 1.165) is 33.8 Å². The SMILES string of the molecule is COc1cc(-c2cc(C)c3c(c2)Nc2ccccc2NC3=O)ccc1O. The van der Waals surface area contributed by atoms with E-state index in [9.17, 15) is 9.90 Å². The van der Waals surface area contributed by atoms with Crippen LogP contribution in [-0.2, 0) is 0 Å². The van der Waals surface area contributed by atoms with Gasteiger partial charge in [-0.05, 0) is 53.9 Å². The Hall–Kier alpha value is -3.47. The molecule has 130 valence electrons. The highest BCUT2D eigenvalue weighted by Gasteiger charge is 2.21. The summed E-state index contributed by atoms with van der Waals surface area (Å²) in [6.45, 7) is 1.91. The second-order valence-corrected chi connectivity index (χ2v) is 6.23. The highest BCUT2D eigenvalue weighted by atomic mass is 16.5. The number of hydrogen-bond donors (Lipinski definition) is 3. The van der Waals surface area contributed by atoms with Gasteiger partial charge in [0, 0.05) is 0 Å². The highest BCUT2D eigenvalue weighted by Crippen LogP contribution is 2.38. The largest absolute Gasteiger partial charge is 0.504 e. The molecule has 0 aliphatic carbocycles. The maximum Gasteiger partial charge on any atom is 0.258 e. The van der Waals surface area contributed by atoms with E-state index < -0.39 is 0 Å². The number of nitrogens with one attached hydrogen (secondary N) is 2. The van der Waals surface area contributed by atoms with Gasteiger partial charge in [0.05, 0.1) is 29.7 Å². The summed E-state index contributed by atoms with van der Waals surface area (Å²) in [4.78, 5) is 12.7. The third kappa shape index (κ3) is 2.63. The number of ether oxygens (including phenoxy) is 1. The van der Waals surface area contributed by atoms with Gasteiger partial charge in [-0.2, -0.15) is 0 Å². The molecule has 5 nitrogen and oxygen atoms in total. The third-order valence-electron chi connectivity index (χ3n) is 4.52. The number of carbonyl (C=O) groups is 1. The fraction of sp³-hybridized carbons (Fsp3) is 0.0952. The normalized spacial score (nSPS) is 12.3. The van der Waals surface area contributed by atoms with Crippen molar-refractivity contribution in [2.45, 2.75) is 6.92 Å². The number of aromatic hydroxyl groups is 1. The molecule has 0 unspecified atom stereocenters. The zero-order chi connectivity index (χ0) is 18.3. The van der Waals surface area contributed by atoms with Crippen LogP contribution in [0.3, 0.4) is 0 Å². The van der Waals surface area contributed by atoms with Crippen LogP contribution in [0.4, 0.5) is 17.1 Å². The molecule has 1 aliphatic heterocycles. The fourth-order valence-electron chi connectivity index (χ4n) is 3.24. The summed E-state index contributed by atoms with van der Waals surface area (Å²) < 4.78 is 5.20. The van der Waals surface area contributed by atoms with Crippen LogP contribution in [0.1, 0.15) is 15.9 Å². The van der Waals surface area contributed by atoms with Crippen LogP contribution in [0, 0.1) is 6.92 Å². The Labute approximate surface area is 151 Å². The second-order valence-electron chi connectivity index (χ2n) is 6.23. The molecule has 1 heterocycles. The number of anilines is 3. The number of rotatable bonds is 2. The number of aryl methyl sites for hydroxylation is 1. The summed E-state index contributed by atoms with van der Waals surface area (Å²) in [6, 6.07) is 16.7. The van der Waals surface area contributed by atoms with Gasteiger partial charge in [0.15, 0.2) is 11.5 Å². The molecule has 0 saturated carbocycles. The van der Waals surface area contributed by atoms with Crippen LogP contribution >= 0.6 is 0 Å². The molecular formula is C21H18N2O3. The molecule has 0 fully saturated rings. The highest BCUT2D eigenvalue weighted by molar-refractivity contribution is 6.13. The van der Waals surface area contributed by atoms with Crippen molar-refractivity contribution in [1.82, 2.24) is 0 Å². The summed E-state index contributed by atoms with van der Waals surface area (Å²) in [5, 5.41) is 16.1. The first-order valence-electron chi connectivity index (χ1n) is 8.26. The van der Waals surface area contributed by atoms with E-state index in [1.165, 1.54) is 7.11 Å². The van der Waals surface area contributed by atoms with Crippen molar-refractivity contribution < 1.29 is 14.6 Å². The molecule has 1 amide bonds. The molecule has 3 N–H and O–H groups in total. The van der Waals surface area contributed by atoms with Crippen LogP contribution in [0.2, 0.25) is 0 Å². The Bertz CT molecular complexity index is 1030. The van der Waals surface area contributed by atoms with Crippen molar-refractivity contribution in [3.05, 3.63) is 65.7 Å². The number of methoxy groups -OCH3 is 1. The third-order valence-corrected chi connectivity index (χ3v) is 4.52. The minimum absolute atomic E-state index is 0.0918. The molecule has 0 bridgehead atoms.